The summed E-state index contributed by atoms with van der Waals surface area (Å²) in [7, 11) is 0. The Morgan fingerprint density at radius 2 is 2.13 bits per heavy atom. The van der Waals surface area contributed by atoms with E-state index in [0.717, 1.165) is 33.9 Å². The number of nitrogens with one attached hydrogen (secondary N) is 1. The van der Waals surface area contributed by atoms with Crippen molar-refractivity contribution in [2.45, 2.75) is 12.5 Å². The summed E-state index contributed by atoms with van der Waals surface area (Å²) in [6.07, 6.45) is 2.77. The molecule has 0 aliphatic carbocycles. The predicted molar refractivity (Wildman–Crippen MR) is 100 cm³/mol. The topological polar surface area (TPSA) is 58.0 Å². The van der Waals surface area contributed by atoms with Crippen molar-refractivity contribution in [3.8, 4) is 11.4 Å². The molecule has 0 fully saturated rings. The second-order valence-electron chi connectivity index (χ2n) is 5.23. The van der Waals surface area contributed by atoms with Crippen LogP contribution in [0.15, 0.2) is 41.1 Å². The highest BCUT2D eigenvalue weighted by Crippen LogP contribution is 2.27. The van der Waals surface area contributed by atoms with Crippen molar-refractivity contribution in [1.82, 2.24) is 9.97 Å². The second kappa shape index (κ2) is 7.77. The fourth-order valence-corrected chi connectivity index (χ4v) is 3.74. The first-order valence-electron chi connectivity index (χ1n) is 7.47. The molecule has 6 heteroatoms. The average molecular weight is 345 g/mol. The van der Waals surface area contributed by atoms with Crippen LogP contribution in [0.2, 0.25) is 0 Å². The highest BCUT2D eigenvalue weighted by molar-refractivity contribution is 7.98. The zero-order valence-corrected chi connectivity index (χ0v) is 14.5. The summed E-state index contributed by atoms with van der Waals surface area (Å²) in [5, 5.41) is 17.9. The lowest BCUT2D eigenvalue weighted by Gasteiger charge is -2.19. The van der Waals surface area contributed by atoms with Crippen molar-refractivity contribution in [2.24, 2.45) is 0 Å². The number of fused-ring (bicyclic) bond motifs is 1. The highest BCUT2D eigenvalue weighted by Gasteiger charge is 2.13. The molecule has 2 N–H and O–H groups in total. The SMILES string of the molecule is CSCC(CCO)Nc1nc(-c2ccsc2)nc2ccccc12. The highest BCUT2D eigenvalue weighted by atomic mass is 32.2. The van der Waals surface area contributed by atoms with Gasteiger partial charge in [-0.25, -0.2) is 9.97 Å². The molecule has 0 bridgehead atoms. The number of benzene rings is 1. The molecule has 23 heavy (non-hydrogen) atoms. The molecule has 2 heterocycles. The molecule has 1 unspecified atom stereocenters. The van der Waals surface area contributed by atoms with E-state index in [1.807, 2.05) is 35.7 Å². The van der Waals surface area contributed by atoms with E-state index in [4.69, 9.17) is 4.98 Å². The molecule has 4 nitrogen and oxygen atoms in total. The number of para-hydroxylation sites is 1. The zero-order chi connectivity index (χ0) is 16.1. The lowest BCUT2D eigenvalue weighted by atomic mass is 10.2. The summed E-state index contributed by atoms with van der Waals surface area (Å²) >= 11 is 3.40. The minimum Gasteiger partial charge on any atom is -0.396 e. The molecule has 2 aromatic heterocycles. The van der Waals surface area contributed by atoms with E-state index in [1.165, 1.54) is 0 Å². The van der Waals surface area contributed by atoms with Gasteiger partial charge in [-0.2, -0.15) is 23.1 Å². The van der Waals surface area contributed by atoms with Gasteiger partial charge in [0.05, 0.1) is 5.52 Å². The first-order chi connectivity index (χ1) is 11.3. The lowest BCUT2D eigenvalue weighted by Crippen LogP contribution is -2.24. The smallest absolute Gasteiger partial charge is 0.162 e. The number of anilines is 1. The van der Waals surface area contributed by atoms with Crippen LogP contribution in [-0.2, 0) is 0 Å². The van der Waals surface area contributed by atoms with Crippen LogP contribution in [0, 0.1) is 0 Å². The van der Waals surface area contributed by atoms with E-state index in [2.05, 4.69) is 21.9 Å². The Labute approximate surface area is 144 Å². The number of hydrogen-bond donors (Lipinski definition) is 2. The molecule has 0 spiro atoms. The van der Waals surface area contributed by atoms with Crippen LogP contribution in [0.3, 0.4) is 0 Å². The summed E-state index contributed by atoms with van der Waals surface area (Å²) in [5.74, 6) is 2.50. The number of nitrogens with zero attached hydrogens (tertiary/aromatic N) is 2. The van der Waals surface area contributed by atoms with E-state index in [0.29, 0.717) is 6.42 Å². The summed E-state index contributed by atoms with van der Waals surface area (Å²) in [5.41, 5.74) is 1.96. The maximum atomic E-state index is 9.28. The molecule has 0 aliphatic rings. The number of aromatic nitrogens is 2. The fourth-order valence-electron chi connectivity index (χ4n) is 2.45. The van der Waals surface area contributed by atoms with E-state index in [9.17, 15) is 5.11 Å². The zero-order valence-electron chi connectivity index (χ0n) is 12.9. The molecule has 1 aromatic carbocycles. The van der Waals surface area contributed by atoms with Crippen LogP contribution in [0.4, 0.5) is 5.82 Å². The Bertz CT molecular complexity index is 756. The Morgan fingerprint density at radius 3 is 2.87 bits per heavy atom. The molecule has 120 valence electrons. The minimum atomic E-state index is 0.165. The monoisotopic (exact) mass is 345 g/mol. The largest absolute Gasteiger partial charge is 0.396 e. The standard InChI is InChI=1S/C17H19N3OS2/c1-22-11-13(6-8-21)18-17-14-4-2-3-5-15(14)19-16(20-17)12-7-9-23-10-12/h2-5,7,9-10,13,21H,6,8,11H2,1H3,(H,18,19,20). The van der Waals surface area contributed by atoms with Crippen LogP contribution in [0.25, 0.3) is 22.3 Å². The van der Waals surface area contributed by atoms with Gasteiger partial charge in [0.1, 0.15) is 5.82 Å². The Morgan fingerprint density at radius 1 is 1.26 bits per heavy atom. The third kappa shape index (κ3) is 3.83. The van der Waals surface area contributed by atoms with Crippen molar-refractivity contribution in [3.63, 3.8) is 0 Å². The molecule has 0 aliphatic heterocycles. The minimum absolute atomic E-state index is 0.165. The summed E-state index contributed by atoms with van der Waals surface area (Å²) < 4.78 is 0. The molecule has 3 aromatic rings. The van der Waals surface area contributed by atoms with E-state index in [-0.39, 0.29) is 12.6 Å². The molecule has 0 saturated heterocycles. The molecular weight excluding hydrogens is 326 g/mol. The number of thioether (sulfide) groups is 1. The van der Waals surface area contributed by atoms with Gasteiger partial charge in [0, 0.05) is 34.7 Å². The van der Waals surface area contributed by atoms with Crippen LogP contribution in [0.1, 0.15) is 6.42 Å². The number of rotatable bonds is 7. The summed E-state index contributed by atoms with van der Waals surface area (Å²) in [6, 6.07) is 10.2. The van der Waals surface area contributed by atoms with Crippen LogP contribution in [0.5, 0.6) is 0 Å². The number of aliphatic hydroxyl groups is 1. The van der Waals surface area contributed by atoms with E-state index < -0.39 is 0 Å². The predicted octanol–water partition coefficient (Wildman–Crippen LogP) is 3.88. The molecule has 0 amide bonds. The lowest BCUT2D eigenvalue weighted by molar-refractivity contribution is 0.282. The van der Waals surface area contributed by atoms with Gasteiger partial charge in [-0.3, -0.25) is 0 Å². The van der Waals surface area contributed by atoms with E-state index in [1.54, 1.807) is 23.1 Å². The Hall–Kier alpha value is -1.63. The van der Waals surface area contributed by atoms with Gasteiger partial charge in [-0.1, -0.05) is 12.1 Å². The van der Waals surface area contributed by atoms with Gasteiger partial charge in [-0.15, -0.1) is 0 Å². The third-order valence-electron chi connectivity index (χ3n) is 3.57. The Kier molecular flexibility index (Phi) is 5.48. The molecule has 0 saturated carbocycles. The average Bonchev–Trinajstić information content (AvgIpc) is 3.10. The van der Waals surface area contributed by atoms with Gasteiger partial charge in [0.2, 0.25) is 0 Å². The van der Waals surface area contributed by atoms with Crippen molar-refractivity contribution < 1.29 is 5.11 Å². The molecule has 1 atom stereocenters. The van der Waals surface area contributed by atoms with Gasteiger partial charge in [0.25, 0.3) is 0 Å². The van der Waals surface area contributed by atoms with Crippen molar-refractivity contribution in [2.75, 3.05) is 23.9 Å². The summed E-state index contributed by atoms with van der Waals surface area (Å²) in [4.78, 5) is 9.42. The van der Waals surface area contributed by atoms with Gasteiger partial charge < -0.3 is 10.4 Å². The fraction of sp³-hybridized carbons (Fsp3) is 0.294. The maximum Gasteiger partial charge on any atom is 0.162 e. The molecular formula is C17H19N3OS2. The van der Waals surface area contributed by atoms with Gasteiger partial charge in [0.15, 0.2) is 5.82 Å². The van der Waals surface area contributed by atoms with Crippen LogP contribution >= 0.6 is 23.1 Å². The number of aliphatic hydroxyl groups excluding tert-OH is 1. The maximum absolute atomic E-state index is 9.28. The normalized spacial score (nSPS) is 12.4. The van der Waals surface area contributed by atoms with Gasteiger partial charge >= 0.3 is 0 Å². The number of thiophene rings is 1. The van der Waals surface area contributed by atoms with Crippen LogP contribution in [-0.4, -0.2) is 39.7 Å². The van der Waals surface area contributed by atoms with Crippen molar-refractivity contribution in [1.29, 1.82) is 0 Å². The second-order valence-corrected chi connectivity index (χ2v) is 6.92. The summed E-state index contributed by atoms with van der Waals surface area (Å²) in [6.45, 7) is 0.165. The quantitative estimate of drug-likeness (QED) is 0.680. The van der Waals surface area contributed by atoms with Crippen molar-refractivity contribution in [3.05, 3.63) is 41.1 Å². The van der Waals surface area contributed by atoms with Gasteiger partial charge in [-0.05, 0) is 36.3 Å². The first-order valence-corrected chi connectivity index (χ1v) is 9.81. The van der Waals surface area contributed by atoms with Crippen LogP contribution < -0.4 is 5.32 Å². The van der Waals surface area contributed by atoms with Crippen molar-refractivity contribution >= 4 is 39.8 Å². The Balaban J connectivity index is 2.03. The molecule has 3 rings (SSSR count). The van der Waals surface area contributed by atoms with E-state index >= 15 is 0 Å². The first kappa shape index (κ1) is 16.2. The number of hydrogen-bond acceptors (Lipinski definition) is 6. The third-order valence-corrected chi connectivity index (χ3v) is 4.99. The molecule has 0 radical (unpaired) electrons.